The fraction of sp³-hybridized carbons (Fsp3) is 0.267. The normalized spacial score (nSPS) is 10.3. The van der Waals surface area contributed by atoms with Crippen LogP contribution < -0.4 is 5.32 Å². The molecular formula is C15H16N2O. The number of hydrogen-bond donors (Lipinski definition) is 2. The van der Waals surface area contributed by atoms with E-state index in [1.165, 1.54) is 5.56 Å². The largest absolute Gasteiger partial charge is 0.358 e. The Bertz CT molecular complexity index is 632. The van der Waals surface area contributed by atoms with E-state index < -0.39 is 0 Å². The smallest absolute Gasteiger partial charge is 0.251 e. The van der Waals surface area contributed by atoms with Crippen molar-refractivity contribution >= 4 is 16.8 Å². The van der Waals surface area contributed by atoms with Gasteiger partial charge in [0.2, 0.25) is 0 Å². The fourth-order valence-corrected chi connectivity index (χ4v) is 1.95. The molecule has 3 heteroatoms. The first-order chi connectivity index (χ1) is 8.63. The van der Waals surface area contributed by atoms with E-state index in [9.17, 15) is 4.79 Å². The average Bonchev–Trinajstić information content (AvgIpc) is 2.65. The second-order valence-corrected chi connectivity index (χ2v) is 4.35. The van der Waals surface area contributed by atoms with Crippen LogP contribution in [0.3, 0.4) is 0 Å². The fourth-order valence-electron chi connectivity index (χ4n) is 1.95. The molecule has 0 spiro atoms. The summed E-state index contributed by atoms with van der Waals surface area (Å²) in [6, 6.07) is 5.67. The predicted octanol–water partition coefficient (Wildman–Crippen LogP) is 2.54. The van der Waals surface area contributed by atoms with E-state index in [4.69, 9.17) is 6.42 Å². The standard InChI is InChI=1S/C15H16N2O/c1-4-5-8-16-15(18)12-6-7-14-13(9-12)10(2)11(3)17-14/h1,6-7,9,17H,5,8H2,2-3H3,(H,16,18). The van der Waals surface area contributed by atoms with Crippen LogP contribution in [0, 0.1) is 26.2 Å². The third-order valence-electron chi connectivity index (χ3n) is 3.13. The molecule has 0 radical (unpaired) electrons. The van der Waals surface area contributed by atoms with Crippen molar-refractivity contribution in [2.45, 2.75) is 20.3 Å². The number of aryl methyl sites for hydroxylation is 2. The van der Waals surface area contributed by atoms with Gasteiger partial charge in [-0.15, -0.1) is 12.3 Å². The van der Waals surface area contributed by atoms with E-state index in [-0.39, 0.29) is 5.91 Å². The SMILES string of the molecule is C#CCCNC(=O)c1ccc2[nH]c(C)c(C)c2c1. The summed E-state index contributed by atoms with van der Waals surface area (Å²) in [5, 5.41) is 3.89. The van der Waals surface area contributed by atoms with Gasteiger partial charge in [0.05, 0.1) is 0 Å². The molecule has 0 aliphatic carbocycles. The summed E-state index contributed by atoms with van der Waals surface area (Å²) < 4.78 is 0. The van der Waals surface area contributed by atoms with Gasteiger partial charge in [-0.25, -0.2) is 0 Å². The van der Waals surface area contributed by atoms with E-state index >= 15 is 0 Å². The van der Waals surface area contributed by atoms with Gasteiger partial charge < -0.3 is 10.3 Å². The van der Waals surface area contributed by atoms with Crippen LogP contribution in [0.2, 0.25) is 0 Å². The quantitative estimate of drug-likeness (QED) is 0.628. The topological polar surface area (TPSA) is 44.9 Å². The highest BCUT2D eigenvalue weighted by molar-refractivity contribution is 5.99. The van der Waals surface area contributed by atoms with Crippen LogP contribution in [0.5, 0.6) is 0 Å². The first-order valence-corrected chi connectivity index (χ1v) is 5.94. The van der Waals surface area contributed by atoms with Gasteiger partial charge in [-0.2, -0.15) is 0 Å². The van der Waals surface area contributed by atoms with E-state index in [1.807, 2.05) is 32.0 Å². The Morgan fingerprint density at radius 1 is 1.44 bits per heavy atom. The number of aromatic amines is 1. The molecule has 0 aliphatic rings. The third-order valence-corrected chi connectivity index (χ3v) is 3.13. The number of terminal acetylenes is 1. The minimum absolute atomic E-state index is 0.0783. The molecular weight excluding hydrogens is 224 g/mol. The van der Waals surface area contributed by atoms with Gasteiger partial charge in [0.1, 0.15) is 0 Å². The van der Waals surface area contributed by atoms with E-state index in [0.29, 0.717) is 18.5 Å². The van der Waals surface area contributed by atoms with Crippen LogP contribution in [-0.2, 0) is 0 Å². The number of carbonyl (C=O) groups is 1. The first kappa shape index (κ1) is 12.3. The number of carbonyl (C=O) groups excluding carboxylic acids is 1. The maximum atomic E-state index is 11.9. The molecule has 1 aromatic carbocycles. The summed E-state index contributed by atoms with van der Waals surface area (Å²) in [6.45, 7) is 4.59. The lowest BCUT2D eigenvalue weighted by Crippen LogP contribution is -2.24. The molecule has 0 bridgehead atoms. The van der Waals surface area contributed by atoms with Gasteiger partial charge in [-0.1, -0.05) is 0 Å². The average molecular weight is 240 g/mol. The number of hydrogen-bond acceptors (Lipinski definition) is 1. The molecule has 3 nitrogen and oxygen atoms in total. The number of rotatable bonds is 3. The van der Waals surface area contributed by atoms with Crippen molar-refractivity contribution in [3.05, 3.63) is 35.0 Å². The lowest BCUT2D eigenvalue weighted by atomic mass is 10.1. The third kappa shape index (κ3) is 2.23. The molecule has 0 unspecified atom stereocenters. The van der Waals surface area contributed by atoms with Crippen LogP contribution in [0.25, 0.3) is 10.9 Å². The minimum Gasteiger partial charge on any atom is -0.358 e. The molecule has 0 atom stereocenters. The molecule has 1 aromatic heterocycles. The minimum atomic E-state index is -0.0783. The summed E-state index contributed by atoms with van der Waals surface area (Å²) in [4.78, 5) is 15.2. The van der Waals surface area contributed by atoms with Crippen LogP contribution in [0.15, 0.2) is 18.2 Å². The number of H-pyrrole nitrogens is 1. The molecule has 2 aromatic rings. The van der Waals surface area contributed by atoms with Crippen LogP contribution in [0.1, 0.15) is 28.0 Å². The molecule has 2 rings (SSSR count). The van der Waals surface area contributed by atoms with E-state index in [2.05, 4.69) is 16.2 Å². The van der Waals surface area contributed by atoms with Gasteiger partial charge in [0, 0.05) is 35.1 Å². The Hall–Kier alpha value is -2.21. The predicted molar refractivity (Wildman–Crippen MR) is 73.6 cm³/mol. The Kier molecular flexibility index (Phi) is 3.38. The number of benzene rings is 1. The summed E-state index contributed by atoms with van der Waals surface area (Å²) in [6.07, 6.45) is 5.70. The zero-order chi connectivity index (χ0) is 13.1. The second-order valence-electron chi connectivity index (χ2n) is 4.35. The molecule has 0 saturated heterocycles. The Morgan fingerprint density at radius 3 is 2.94 bits per heavy atom. The molecule has 0 aliphatic heterocycles. The first-order valence-electron chi connectivity index (χ1n) is 5.94. The summed E-state index contributed by atoms with van der Waals surface area (Å²) in [7, 11) is 0. The highest BCUT2D eigenvalue weighted by Gasteiger charge is 2.09. The number of amides is 1. The number of aromatic nitrogens is 1. The van der Waals surface area contributed by atoms with Crippen LogP contribution in [-0.4, -0.2) is 17.4 Å². The maximum absolute atomic E-state index is 11.9. The Morgan fingerprint density at radius 2 is 2.22 bits per heavy atom. The summed E-state index contributed by atoms with van der Waals surface area (Å²) >= 11 is 0. The lowest BCUT2D eigenvalue weighted by Gasteiger charge is -2.03. The van der Waals surface area contributed by atoms with Crippen LogP contribution in [0.4, 0.5) is 0 Å². The molecule has 0 saturated carbocycles. The zero-order valence-electron chi connectivity index (χ0n) is 10.6. The van der Waals surface area contributed by atoms with Crippen molar-refractivity contribution in [2.75, 3.05) is 6.54 Å². The molecule has 2 N–H and O–H groups in total. The van der Waals surface area contributed by atoms with E-state index in [1.54, 1.807) is 0 Å². The molecule has 0 fully saturated rings. The van der Waals surface area contributed by atoms with Crippen LogP contribution >= 0.6 is 0 Å². The van der Waals surface area contributed by atoms with Crippen molar-refractivity contribution in [1.82, 2.24) is 10.3 Å². The molecule has 92 valence electrons. The van der Waals surface area contributed by atoms with E-state index in [0.717, 1.165) is 16.6 Å². The Labute approximate surface area is 107 Å². The Balaban J connectivity index is 2.27. The highest BCUT2D eigenvalue weighted by Crippen LogP contribution is 2.22. The second kappa shape index (κ2) is 4.97. The van der Waals surface area contributed by atoms with Crippen molar-refractivity contribution in [3.8, 4) is 12.3 Å². The molecule has 1 amide bonds. The van der Waals surface area contributed by atoms with Gasteiger partial charge in [-0.05, 0) is 37.6 Å². The monoisotopic (exact) mass is 240 g/mol. The van der Waals surface area contributed by atoms with Gasteiger partial charge >= 0.3 is 0 Å². The summed E-state index contributed by atoms with van der Waals surface area (Å²) in [5.74, 6) is 2.42. The van der Waals surface area contributed by atoms with Gasteiger partial charge in [-0.3, -0.25) is 4.79 Å². The number of fused-ring (bicyclic) bond motifs is 1. The van der Waals surface area contributed by atoms with Gasteiger partial charge in [0.15, 0.2) is 0 Å². The van der Waals surface area contributed by atoms with Crippen molar-refractivity contribution in [3.63, 3.8) is 0 Å². The zero-order valence-corrected chi connectivity index (χ0v) is 10.6. The number of nitrogens with one attached hydrogen (secondary N) is 2. The maximum Gasteiger partial charge on any atom is 0.251 e. The van der Waals surface area contributed by atoms with Gasteiger partial charge in [0.25, 0.3) is 5.91 Å². The molecule has 18 heavy (non-hydrogen) atoms. The summed E-state index contributed by atoms with van der Waals surface area (Å²) in [5.41, 5.74) is 4.05. The van der Waals surface area contributed by atoms with Crippen molar-refractivity contribution < 1.29 is 4.79 Å². The van der Waals surface area contributed by atoms with Crippen molar-refractivity contribution in [1.29, 1.82) is 0 Å². The molecule has 1 heterocycles. The lowest BCUT2D eigenvalue weighted by molar-refractivity contribution is 0.0954. The van der Waals surface area contributed by atoms with Crippen molar-refractivity contribution in [2.24, 2.45) is 0 Å². The highest BCUT2D eigenvalue weighted by atomic mass is 16.1.